The van der Waals surface area contributed by atoms with E-state index in [1.54, 1.807) is 11.3 Å². The lowest BCUT2D eigenvalue weighted by Gasteiger charge is -1.94. The molecule has 1 aromatic heterocycles. The predicted molar refractivity (Wildman–Crippen MR) is 51.4 cm³/mol. The van der Waals surface area contributed by atoms with E-state index < -0.39 is 0 Å². The van der Waals surface area contributed by atoms with E-state index in [2.05, 4.69) is 35.0 Å². The summed E-state index contributed by atoms with van der Waals surface area (Å²) < 4.78 is 1.34. The Morgan fingerprint density at radius 2 is 2.09 bits per heavy atom. The Kier molecular flexibility index (Phi) is 1.55. The minimum Gasteiger partial charge on any atom is -0.387 e. The maximum Gasteiger partial charge on any atom is 0.0526 e. The number of hydrogen-bond donors (Lipinski definition) is 1. The first-order chi connectivity index (χ1) is 5.42. The zero-order valence-electron chi connectivity index (χ0n) is 6.29. The van der Waals surface area contributed by atoms with Gasteiger partial charge in [0.2, 0.25) is 0 Å². The van der Waals surface area contributed by atoms with Crippen molar-refractivity contribution in [1.29, 1.82) is 0 Å². The van der Waals surface area contributed by atoms with E-state index in [1.165, 1.54) is 15.8 Å². The minimum atomic E-state index is 1.23. The molecule has 0 spiro atoms. The fourth-order valence-electron chi connectivity index (χ4n) is 1.17. The molecule has 2 heteroatoms. The summed E-state index contributed by atoms with van der Waals surface area (Å²) in [6.45, 7) is 0. The Morgan fingerprint density at radius 3 is 2.91 bits per heavy atom. The van der Waals surface area contributed by atoms with Gasteiger partial charge in [-0.05, 0) is 6.07 Å². The number of anilines is 1. The van der Waals surface area contributed by atoms with Crippen molar-refractivity contribution in [3.8, 4) is 0 Å². The summed E-state index contributed by atoms with van der Waals surface area (Å²) in [7, 11) is 1.95. The second-order valence-electron chi connectivity index (χ2n) is 2.40. The fraction of sp³-hybridized carbons (Fsp3) is 0.111. The van der Waals surface area contributed by atoms with Crippen molar-refractivity contribution in [2.75, 3.05) is 12.4 Å². The number of rotatable bonds is 1. The second kappa shape index (κ2) is 2.55. The third-order valence-electron chi connectivity index (χ3n) is 1.75. The summed E-state index contributed by atoms with van der Waals surface area (Å²) >= 11 is 1.78. The van der Waals surface area contributed by atoms with Gasteiger partial charge in [0, 0.05) is 22.5 Å². The highest BCUT2D eigenvalue weighted by Crippen LogP contribution is 2.28. The molecule has 0 saturated heterocycles. The topological polar surface area (TPSA) is 12.0 Å². The monoisotopic (exact) mass is 163 g/mol. The normalized spacial score (nSPS) is 10.3. The van der Waals surface area contributed by atoms with Crippen LogP contribution in [0.15, 0.2) is 29.6 Å². The molecule has 0 aliphatic carbocycles. The molecule has 56 valence electrons. The van der Waals surface area contributed by atoms with Crippen molar-refractivity contribution in [1.82, 2.24) is 0 Å². The smallest absolute Gasteiger partial charge is 0.0526 e. The molecule has 0 fully saturated rings. The summed E-state index contributed by atoms with van der Waals surface area (Å²) in [6, 6.07) is 8.41. The van der Waals surface area contributed by atoms with Crippen molar-refractivity contribution < 1.29 is 0 Å². The van der Waals surface area contributed by atoms with E-state index in [9.17, 15) is 0 Å². The van der Waals surface area contributed by atoms with Crippen molar-refractivity contribution in [3.63, 3.8) is 0 Å². The molecule has 0 unspecified atom stereocenters. The van der Waals surface area contributed by atoms with Crippen LogP contribution < -0.4 is 5.32 Å². The number of fused-ring (bicyclic) bond motifs is 1. The maximum absolute atomic E-state index is 3.16. The molecule has 1 N–H and O–H groups in total. The van der Waals surface area contributed by atoms with Crippen molar-refractivity contribution in [2.24, 2.45) is 0 Å². The summed E-state index contributed by atoms with van der Waals surface area (Å²) in [6.07, 6.45) is 0. The van der Waals surface area contributed by atoms with E-state index in [1.807, 2.05) is 7.05 Å². The van der Waals surface area contributed by atoms with Gasteiger partial charge in [-0.25, -0.2) is 0 Å². The van der Waals surface area contributed by atoms with Crippen molar-refractivity contribution >= 4 is 27.1 Å². The van der Waals surface area contributed by atoms with Gasteiger partial charge in [-0.2, -0.15) is 0 Å². The maximum atomic E-state index is 3.16. The second-order valence-corrected chi connectivity index (χ2v) is 3.31. The van der Waals surface area contributed by atoms with Crippen LogP contribution in [-0.2, 0) is 0 Å². The molecule has 0 aliphatic heterocycles. The Hall–Kier alpha value is -1.02. The molecule has 1 heterocycles. The average molecular weight is 163 g/mol. The van der Waals surface area contributed by atoms with Gasteiger partial charge in [0.25, 0.3) is 0 Å². The van der Waals surface area contributed by atoms with Gasteiger partial charge in [0.05, 0.1) is 5.69 Å². The molecule has 1 aromatic carbocycles. The van der Waals surface area contributed by atoms with Crippen LogP contribution in [0.2, 0.25) is 0 Å². The van der Waals surface area contributed by atoms with Crippen LogP contribution in [0.5, 0.6) is 0 Å². The number of thiophene rings is 1. The quantitative estimate of drug-likeness (QED) is 0.681. The summed E-state index contributed by atoms with van der Waals surface area (Å²) in [5.41, 5.74) is 1.23. The summed E-state index contributed by atoms with van der Waals surface area (Å²) in [5.74, 6) is 0. The largest absolute Gasteiger partial charge is 0.387 e. The third kappa shape index (κ3) is 0.994. The highest BCUT2D eigenvalue weighted by atomic mass is 32.1. The SMILES string of the molecule is CNc1csc2ccccc12. The predicted octanol–water partition coefficient (Wildman–Crippen LogP) is 2.94. The Labute approximate surface area is 69.7 Å². The first kappa shape index (κ1) is 6.68. The van der Waals surface area contributed by atoms with Gasteiger partial charge in [-0.15, -0.1) is 11.3 Å². The first-order valence-electron chi connectivity index (χ1n) is 3.56. The Balaban J connectivity index is 2.76. The molecular formula is C9H9NS. The molecule has 0 aliphatic rings. The number of nitrogens with one attached hydrogen (secondary N) is 1. The molecule has 2 rings (SSSR count). The molecule has 2 aromatic rings. The van der Waals surface area contributed by atoms with Crippen LogP contribution in [-0.4, -0.2) is 7.05 Å². The third-order valence-corrected chi connectivity index (χ3v) is 2.71. The molecule has 0 saturated carbocycles. The van der Waals surface area contributed by atoms with Crippen molar-refractivity contribution in [2.45, 2.75) is 0 Å². The van der Waals surface area contributed by atoms with Gasteiger partial charge >= 0.3 is 0 Å². The van der Waals surface area contributed by atoms with Gasteiger partial charge in [0.1, 0.15) is 0 Å². The van der Waals surface area contributed by atoms with E-state index in [-0.39, 0.29) is 0 Å². The Bertz CT molecular complexity index is 364. The van der Waals surface area contributed by atoms with Gasteiger partial charge in [-0.1, -0.05) is 18.2 Å². The highest BCUT2D eigenvalue weighted by molar-refractivity contribution is 7.17. The summed E-state index contributed by atoms with van der Waals surface area (Å²) in [5, 5.41) is 6.62. The molecule has 11 heavy (non-hydrogen) atoms. The standard InChI is InChI=1S/C9H9NS/c1-10-8-6-11-9-5-3-2-4-7(8)9/h2-6,10H,1H3. The molecule has 0 radical (unpaired) electrons. The lowest BCUT2D eigenvalue weighted by Crippen LogP contribution is -1.83. The van der Waals surface area contributed by atoms with E-state index in [0.717, 1.165) is 0 Å². The van der Waals surface area contributed by atoms with E-state index >= 15 is 0 Å². The van der Waals surface area contributed by atoms with Crippen LogP contribution >= 0.6 is 11.3 Å². The lowest BCUT2D eigenvalue weighted by molar-refractivity contribution is 1.58. The van der Waals surface area contributed by atoms with Gasteiger partial charge < -0.3 is 5.32 Å². The van der Waals surface area contributed by atoms with Gasteiger partial charge in [-0.3, -0.25) is 0 Å². The van der Waals surface area contributed by atoms with Crippen LogP contribution in [0, 0.1) is 0 Å². The van der Waals surface area contributed by atoms with Crippen molar-refractivity contribution in [3.05, 3.63) is 29.6 Å². The highest BCUT2D eigenvalue weighted by Gasteiger charge is 1.98. The van der Waals surface area contributed by atoms with Crippen LogP contribution in [0.1, 0.15) is 0 Å². The van der Waals surface area contributed by atoms with Gasteiger partial charge in [0.15, 0.2) is 0 Å². The van der Waals surface area contributed by atoms with E-state index in [0.29, 0.717) is 0 Å². The number of hydrogen-bond acceptors (Lipinski definition) is 2. The Morgan fingerprint density at radius 1 is 1.27 bits per heavy atom. The van der Waals surface area contributed by atoms with E-state index in [4.69, 9.17) is 0 Å². The molecule has 1 nitrogen and oxygen atoms in total. The summed E-state index contributed by atoms with van der Waals surface area (Å²) in [4.78, 5) is 0. The fourth-order valence-corrected chi connectivity index (χ4v) is 2.12. The molecule has 0 amide bonds. The first-order valence-corrected chi connectivity index (χ1v) is 4.44. The zero-order chi connectivity index (χ0) is 7.68. The zero-order valence-corrected chi connectivity index (χ0v) is 7.11. The van der Waals surface area contributed by atoms with Crippen LogP contribution in [0.25, 0.3) is 10.1 Å². The average Bonchev–Trinajstić information content (AvgIpc) is 2.47. The minimum absolute atomic E-state index is 1.23. The lowest BCUT2D eigenvalue weighted by atomic mass is 10.2. The number of benzene rings is 1. The molecule has 0 bridgehead atoms. The van der Waals surface area contributed by atoms with Crippen LogP contribution in [0.3, 0.4) is 0 Å². The molecular weight excluding hydrogens is 154 g/mol. The van der Waals surface area contributed by atoms with Crippen LogP contribution in [0.4, 0.5) is 5.69 Å². The molecule has 0 atom stereocenters.